The SMILES string of the molecule is N#Cc1cccc2c1NC(=O)CC1(CCCCC1)N2. The first-order valence-electron chi connectivity index (χ1n) is 6.84. The van der Waals surface area contributed by atoms with Gasteiger partial charge >= 0.3 is 0 Å². The molecule has 1 fully saturated rings. The molecule has 1 saturated carbocycles. The topological polar surface area (TPSA) is 64.9 Å². The fourth-order valence-electron chi connectivity index (χ4n) is 3.24. The molecule has 0 saturated heterocycles. The Bertz CT molecular complexity index is 553. The number of nitrogens with one attached hydrogen (secondary N) is 2. The summed E-state index contributed by atoms with van der Waals surface area (Å²) >= 11 is 0. The summed E-state index contributed by atoms with van der Waals surface area (Å²) in [5, 5.41) is 15.6. The quantitative estimate of drug-likeness (QED) is 0.749. The van der Waals surface area contributed by atoms with E-state index in [0.29, 0.717) is 17.7 Å². The highest BCUT2D eigenvalue weighted by molar-refractivity contribution is 5.98. The molecule has 1 aliphatic carbocycles. The summed E-state index contributed by atoms with van der Waals surface area (Å²) in [4.78, 5) is 12.1. The number of hydrogen-bond acceptors (Lipinski definition) is 3. The van der Waals surface area contributed by atoms with E-state index in [4.69, 9.17) is 5.26 Å². The highest BCUT2D eigenvalue weighted by Gasteiger charge is 2.37. The summed E-state index contributed by atoms with van der Waals surface area (Å²) in [6.07, 6.45) is 6.11. The molecule has 4 nitrogen and oxygen atoms in total. The predicted octanol–water partition coefficient (Wildman–Crippen LogP) is 3.02. The summed E-state index contributed by atoms with van der Waals surface area (Å²) in [7, 11) is 0. The number of para-hydroxylation sites is 1. The van der Waals surface area contributed by atoms with Crippen molar-refractivity contribution in [1.82, 2.24) is 0 Å². The maximum atomic E-state index is 12.1. The molecule has 2 N–H and O–H groups in total. The van der Waals surface area contributed by atoms with Crippen LogP contribution in [0.4, 0.5) is 11.4 Å². The number of nitrogens with zero attached hydrogens (tertiary/aromatic N) is 1. The van der Waals surface area contributed by atoms with Crippen LogP contribution in [-0.4, -0.2) is 11.4 Å². The lowest BCUT2D eigenvalue weighted by atomic mass is 9.79. The van der Waals surface area contributed by atoms with Gasteiger partial charge in [0, 0.05) is 12.0 Å². The molecule has 0 bridgehead atoms. The van der Waals surface area contributed by atoms with Gasteiger partial charge in [0.2, 0.25) is 5.91 Å². The molecule has 0 aromatic heterocycles. The van der Waals surface area contributed by atoms with Gasteiger partial charge in [-0.2, -0.15) is 5.26 Å². The molecule has 19 heavy (non-hydrogen) atoms. The van der Waals surface area contributed by atoms with Crippen molar-refractivity contribution < 1.29 is 4.79 Å². The molecule has 1 heterocycles. The first kappa shape index (κ1) is 12.0. The van der Waals surface area contributed by atoms with Crippen LogP contribution >= 0.6 is 0 Å². The molecule has 3 rings (SSSR count). The Morgan fingerprint density at radius 3 is 2.74 bits per heavy atom. The number of carbonyl (C=O) groups excluding carboxylic acids is 1. The van der Waals surface area contributed by atoms with Crippen molar-refractivity contribution in [2.45, 2.75) is 44.1 Å². The minimum atomic E-state index is -0.123. The zero-order valence-electron chi connectivity index (χ0n) is 10.8. The van der Waals surface area contributed by atoms with Gasteiger partial charge in [-0.25, -0.2) is 0 Å². The van der Waals surface area contributed by atoms with E-state index in [0.717, 1.165) is 31.4 Å². The van der Waals surface area contributed by atoms with Gasteiger partial charge < -0.3 is 10.6 Å². The van der Waals surface area contributed by atoms with E-state index in [-0.39, 0.29) is 11.4 Å². The molecule has 4 heteroatoms. The van der Waals surface area contributed by atoms with Gasteiger partial charge in [0.1, 0.15) is 6.07 Å². The molecule has 2 aliphatic rings. The van der Waals surface area contributed by atoms with Crippen LogP contribution in [0.1, 0.15) is 44.1 Å². The van der Waals surface area contributed by atoms with Gasteiger partial charge in [-0.3, -0.25) is 4.79 Å². The summed E-state index contributed by atoms with van der Waals surface area (Å²) < 4.78 is 0. The van der Waals surface area contributed by atoms with Crippen LogP contribution in [0, 0.1) is 11.3 Å². The lowest BCUT2D eigenvalue weighted by molar-refractivity contribution is -0.117. The second-order valence-electron chi connectivity index (χ2n) is 5.53. The fraction of sp³-hybridized carbons (Fsp3) is 0.467. The summed E-state index contributed by atoms with van der Waals surface area (Å²) in [6, 6.07) is 7.68. The van der Waals surface area contributed by atoms with Crippen molar-refractivity contribution in [1.29, 1.82) is 5.26 Å². The Morgan fingerprint density at radius 2 is 2.00 bits per heavy atom. The number of amides is 1. The Morgan fingerprint density at radius 1 is 1.21 bits per heavy atom. The van der Waals surface area contributed by atoms with Gasteiger partial charge in [0.15, 0.2) is 0 Å². The van der Waals surface area contributed by atoms with Crippen LogP contribution in [0.5, 0.6) is 0 Å². The van der Waals surface area contributed by atoms with E-state index < -0.39 is 0 Å². The van der Waals surface area contributed by atoms with E-state index in [1.54, 1.807) is 6.07 Å². The summed E-state index contributed by atoms with van der Waals surface area (Å²) in [5.74, 6) is 0.0100. The van der Waals surface area contributed by atoms with Gasteiger partial charge in [0.25, 0.3) is 0 Å². The molecule has 1 aromatic rings. The van der Waals surface area contributed by atoms with Crippen molar-refractivity contribution in [2.75, 3.05) is 10.6 Å². The van der Waals surface area contributed by atoms with Crippen LogP contribution in [-0.2, 0) is 4.79 Å². The third-order valence-electron chi connectivity index (χ3n) is 4.16. The Kier molecular flexibility index (Phi) is 2.90. The van der Waals surface area contributed by atoms with Crippen molar-refractivity contribution in [3.8, 4) is 6.07 Å². The highest BCUT2D eigenvalue weighted by atomic mass is 16.1. The first-order chi connectivity index (χ1) is 9.22. The van der Waals surface area contributed by atoms with Gasteiger partial charge in [0.05, 0.1) is 16.9 Å². The maximum absolute atomic E-state index is 12.1. The zero-order chi connectivity index (χ0) is 13.3. The van der Waals surface area contributed by atoms with Crippen molar-refractivity contribution >= 4 is 17.3 Å². The van der Waals surface area contributed by atoms with E-state index in [1.807, 2.05) is 12.1 Å². The van der Waals surface area contributed by atoms with E-state index in [1.165, 1.54) is 6.42 Å². The molecule has 1 spiro atoms. The fourth-order valence-corrected chi connectivity index (χ4v) is 3.24. The number of benzene rings is 1. The maximum Gasteiger partial charge on any atom is 0.226 e. The molecule has 1 amide bonds. The summed E-state index contributed by atoms with van der Waals surface area (Å²) in [6.45, 7) is 0. The molecule has 0 unspecified atom stereocenters. The van der Waals surface area contributed by atoms with Crippen LogP contribution in [0.3, 0.4) is 0 Å². The Hall–Kier alpha value is -2.02. The number of rotatable bonds is 0. The second kappa shape index (κ2) is 4.58. The highest BCUT2D eigenvalue weighted by Crippen LogP contribution is 2.39. The largest absolute Gasteiger partial charge is 0.377 e. The zero-order valence-corrected chi connectivity index (χ0v) is 10.8. The molecule has 98 valence electrons. The average molecular weight is 255 g/mol. The van der Waals surface area contributed by atoms with E-state index >= 15 is 0 Å². The number of nitriles is 1. The van der Waals surface area contributed by atoms with Gasteiger partial charge in [-0.05, 0) is 25.0 Å². The minimum absolute atomic E-state index is 0.0100. The summed E-state index contributed by atoms with van der Waals surface area (Å²) in [5.41, 5.74) is 1.91. The number of hydrogen-bond donors (Lipinski definition) is 2. The van der Waals surface area contributed by atoms with Crippen molar-refractivity contribution in [3.63, 3.8) is 0 Å². The predicted molar refractivity (Wildman–Crippen MR) is 73.8 cm³/mol. The third kappa shape index (κ3) is 2.17. The smallest absolute Gasteiger partial charge is 0.226 e. The van der Waals surface area contributed by atoms with Gasteiger partial charge in [-0.15, -0.1) is 0 Å². The number of fused-ring (bicyclic) bond motifs is 1. The molecule has 0 radical (unpaired) electrons. The monoisotopic (exact) mass is 255 g/mol. The Balaban J connectivity index is 2.03. The number of carbonyl (C=O) groups is 1. The average Bonchev–Trinajstić information content (AvgIpc) is 2.54. The van der Waals surface area contributed by atoms with E-state index in [2.05, 4.69) is 16.7 Å². The molecular weight excluding hydrogens is 238 g/mol. The van der Waals surface area contributed by atoms with Gasteiger partial charge in [-0.1, -0.05) is 25.3 Å². The van der Waals surface area contributed by atoms with Crippen LogP contribution < -0.4 is 10.6 Å². The standard InChI is InChI=1S/C15H17N3O/c16-10-11-5-4-6-12-14(11)17-13(19)9-15(18-12)7-2-1-3-8-15/h4-6,18H,1-3,7-9H2,(H,17,19). The molecule has 1 aliphatic heterocycles. The molecule has 1 aromatic carbocycles. The van der Waals surface area contributed by atoms with E-state index in [9.17, 15) is 4.79 Å². The lowest BCUT2D eigenvalue weighted by Crippen LogP contribution is -2.41. The van der Waals surface area contributed by atoms with Crippen LogP contribution in [0.2, 0.25) is 0 Å². The third-order valence-corrected chi connectivity index (χ3v) is 4.16. The minimum Gasteiger partial charge on any atom is -0.377 e. The lowest BCUT2D eigenvalue weighted by Gasteiger charge is -2.37. The van der Waals surface area contributed by atoms with Crippen molar-refractivity contribution in [2.24, 2.45) is 0 Å². The molecular formula is C15H17N3O. The normalized spacial score (nSPS) is 20.7. The second-order valence-corrected chi connectivity index (χ2v) is 5.53. The van der Waals surface area contributed by atoms with Crippen LogP contribution in [0.25, 0.3) is 0 Å². The first-order valence-corrected chi connectivity index (χ1v) is 6.84. The number of anilines is 2. The van der Waals surface area contributed by atoms with Crippen LogP contribution in [0.15, 0.2) is 18.2 Å². The Labute approximate surface area is 112 Å². The molecule has 0 atom stereocenters. The van der Waals surface area contributed by atoms with Crippen molar-refractivity contribution in [3.05, 3.63) is 23.8 Å².